The number of halogens is 2. The molecule has 11 heavy (non-hydrogen) atoms. The minimum Gasteiger partial charge on any atom is -0.390 e. The summed E-state index contributed by atoms with van der Waals surface area (Å²) in [5.74, 6) is -2.90. The molecule has 0 amide bonds. The van der Waals surface area contributed by atoms with Crippen molar-refractivity contribution in [3.63, 3.8) is 0 Å². The Morgan fingerprint density at radius 3 is 2.73 bits per heavy atom. The van der Waals surface area contributed by atoms with E-state index in [9.17, 15) is 8.78 Å². The first-order chi connectivity index (χ1) is 5.14. The summed E-state index contributed by atoms with van der Waals surface area (Å²) >= 11 is 0. The number of hydrogen-bond acceptors (Lipinski definition) is 2. The van der Waals surface area contributed by atoms with Crippen molar-refractivity contribution >= 4 is 0 Å². The average Bonchev–Trinajstić information content (AvgIpc) is 2.39. The molecule has 2 nitrogen and oxygen atoms in total. The van der Waals surface area contributed by atoms with Crippen LogP contribution in [0.4, 0.5) is 8.78 Å². The van der Waals surface area contributed by atoms with Gasteiger partial charge in [-0.25, -0.2) is 8.78 Å². The van der Waals surface area contributed by atoms with E-state index in [1.165, 1.54) is 0 Å². The average molecular weight is 165 g/mol. The lowest BCUT2D eigenvalue weighted by Crippen LogP contribution is -2.32. The van der Waals surface area contributed by atoms with Crippen molar-refractivity contribution < 1.29 is 13.9 Å². The summed E-state index contributed by atoms with van der Waals surface area (Å²) in [4.78, 5) is 0. The van der Waals surface area contributed by atoms with Gasteiger partial charge in [-0.05, 0) is 19.4 Å². The molecule has 1 aliphatic rings. The molecule has 66 valence electrons. The first-order valence-corrected chi connectivity index (χ1v) is 3.86. The first kappa shape index (κ1) is 8.87. The molecule has 1 unspecified atom stereocenters. The number of aliphatic hydroxyl groups excluding tert-OH is 1. The summed E-state index contributed by atoms with van der Waals surface area (Å²) in [6.07, 6.45) is 1.53. The van der Waals surface area contributed by atoms with Crippen LogP contribution in [0, 0.1) is 0 Å². The summed E-state index contributed by atoms with van der Waals surface area (Å²) in [6, 6.07) is -0.0999. The van der Waals surface area contributed by atoms with Crippen LogP contribution in [0.2, 0.25) is 0 Å². The molecule has 1 saturated heterocycles. The molecule has 4 heteroatoms. The van der Waals surface area contributed by atoms with E-state index < -0.39 is 12.5 Å². The Morgan fingerprint density at radius 2 is 2.27 bits per heavy atom. The van der Waals surface area contributed by atoms with Crippen LogP contribution < -0.4 is 5.32 Å². The maximum absolute atomic E-state index is 12.5. The summed E-state index contributed by atoms with van der Waals surface area (Å²) in [5, 5.41) is 11.2. The van der Waals surface area contributed by atoms with E-state index in [1.54, 1.807) is 0 Å². The van der Waals surface area contributed by atoms with Crippen molar-refractivity contribution in [1.29, 1.82) is 0 Å². The van der Waals surface area contributed by atoms with Gasteiger partial charge in [-0.2, -0.15) is 0 Å². The van der Waals surface area contributed by atoms with Gasteiger partial charge in [-0.3, -0.25) is 0 Å². The smallest absolute Gasteiger partial charge is 0.272 e. The van der Waals surface area contributed by atoms with Gasteiger partial charge in [0.25, 0.3) is 5.92 Å². The minimum atomic E-state index is -2.90. The number of nitrogens with one attached hydrogen (secondary N) is 1. The molecule has 0 aliphatic carbocycles. The summed E-state index contributed by atoms with van der Waals surface area (Å²) in [6.45, 7) is -0.211. The second kappa shape index (κ2) is 3.45. The van der Waals surface area contributed by atoms with Gasteiger partial charge in [0.1, 0.15) is 6.61 Å². The first-order valence-electron chi connectivity index (χ1n) is 3.86. The van der Waals surface area contributed by atoms with Gasteiger partial charge in [0.2, 0.25) is 0 Å². The third-order valence-electron chi connectivity index (χ3n) is 1.94. The quantitative estimate of drug-likeness (QED) is 0.647. The van der Waals surface area contributed by atoms with E-state index in [1.807, 2.05) is 0 Å². The topological polar surface area (TPSA) is 32.3 Å². The van der Waals surface area contributed by atoms with E-state index in [0.717, 1.165) is 19.4 Å². The van der Waals surface area contributed by atoms with Crippen LogP contribution in [0.5, 0.6) is 0 Å². The maximum Gasteiger partial charge on any atom is 0.272 e. The van der Waals surface area contributed by atoms with Crippen LogP contribution in [-0.2, 0) is 0 Å². The Labute approximate surface area is 64.6 Å². The Kier molecular flexibility index (Phi) is 2.78. The Hall–Kier alpha value is -0.220. The zero-order chi connectivity index (χ0) is 8.32. The molecule has 0 bridgehead atoms. The number of alkyl halides is 2. The van der Waals surface area contributed by atoms with E-state index in [4.69, 9.17) is 5.11 Å². The van der Waals surface area contributed by atoms with E-state index >= 15 is 0 Å². The molecule has 1 atom stereocenters. The molecule has 1 fully saturated rings. The van der Waals surface area contributed by atoms with Crippen molar-refractivity contribution in [3.8, 4) is 0 Å². The molecule has 1 aliphatic heterocycles. The van der Waals surface area contributed by atoms with Crippen molar-refractivity contribution in [3.05, 3.63) is 0 Å². The highest BCUT2D eigenvalue weighted by Gasteiger charge is 2.32. The van der Waals surface area contributed by atoms with Crippen LogP contribution >= 0.6 is 0 Å². The Bertz CT molecular complexity index is 124. The molecular formula is C7H13F2NO. The van der Waals surface area contributed by atoms with Gasteiger partial charge in [-0.15, -0.1) is 0 Å². The van der Waals surface area contributed by atoms with Crippen molar-refractivity contribution in [2.24, 2.45) is 0 Å². The van der Waals surface area contributed by atoms with Gasteiger partial charge < -0.3 is 10.4 Å². The van der Waals surface area contributed by atoms with Crippen molar-refractivity contribution in [2.45, 2.75) is 31.2 Å². The summed E-state index contributed by atoms with van der Waals surface area (Å²) in [5.41, 5.74) is 0. The maximum atomic E-state index is 12.5. The zero-order valence-corrected chi connectivity index (χ0v) is 6.32. The number of hydrogen-bond donors (Lipinski definition) is 2. The number of rotatable bonds is 3. The third-order valence-corrected chi connectivity index (χ3v) is 1.94. The predicted molar refractivity (Wildman–Crippen MR) is 37.7 cm³/mol. The largest absolute Gasteiger partial charge is 0.390 e. The van der Waals surface area contributed by atoms with Gasteiger partial charge in [0.15, 0.2) is 0 Å². The molecular weight excluding hydrogens is 152 g/mol. The fourth-order valence-corrected chi connectivity index (χ4v) is 1.36. The minimum absolute atomic E-state index is 0.0999. The lowest BCUT2D eigenvalue weighted by atomic mass is 10.1. The fourth-order valence-electron chi connectivity index (χ4n) is 1.36. The number of aliphatic hydroxyl groups is 1. The van der Waals surface area contributed by atoms with Gasteiger partial charge >= 0.3 is 0 Å². The van der Waals surface area contributed by atoms with E-state index in [-0.39, 0.29) is 12.5 Å². The molecule has 0 aromatic rings. The van der Waals surface area contributed by atoms with Crippen molar-refractivity contribution in [2.75, 3.05) is 13.2 Å². The highest BCUT2D eigenvalue weighted by atomic mass is 19.3. The molecule has 1 heterocycles. The van der Waals surface area contributed by atoms with Gasteiger partial charge in [0.05, 0.1) is 0 Å². The second-order valence-electron chi connectivity index (χ2n) is 3.01. The normalized spacial score (nSPS) is 25.9. The SMILES string of the molecule is OCC(F)(F)CC1CCCN1. The fraction of sp³-hybridized carbons (Fsp3) is 1.00. The van der Waals surface area contributed by atoms with Crippen LogP contribution in [0.15, 0.2) is 0 Å². The summed E-state index contributed by atoms with van der Waals surface area (Å²) < 4.78 is 25.0. The van der Waals surface area contributed by atoms with E-state index in [2.05, 4.69) is 5.32 Å². The Balaban J connectivity index is 2.28. The van der Waals surface area contributed by atoms with E-state index in [0.29, 0.717) is 0 Å². The monoisotopic (exact) mass is 165 g/mol. The second-order valence-corrected chi connectivity index (χ2v) is 3.01. The molecule has 0 radical (unpaired) electrons. The Morgan fingerprint density at radius 1 is 1.55 bits per heavy atom. The lowest BCUT2D eigenvalue weighted by molar-refractivity contribution is -0.0618. The molecule has 0 spiro atoms. The van der Waals surface area contributed by atoms with Gasteiger partial charge in [0, 0.05) is 12.5 Å². The molecule has 1 rings (SSSR count). The molecule has 0 saturated carbocycles. The van der Waals surface area contributed by atoms with Crippen LogP contribution in [0.3, 0.4) is 0 Å². The van der Waals surface area contributed by atoms with Crippen LogP contribution in [0.25, 0.3) is 0 Å². The lowest BCUT2D eigenvalue weighted by Gasteiger charge is -2.17. The third kappa shape index (κ3) is 2.71. The standard InChI is InChI=1S/C7H13F2NO/c8-7(9,5-11)4-6-2-1-3-10-6/h6,10-11H,1-5H2. The summed E-state index contributed by atoms with van der Waals surface area (Å²) in [7, 11) is 0. The van der Waals surface area contributed by atoms with Crippen LogP contribution in [0.1, 0.15) is 19.3 Å². The highest BCUT2D eigenvalue weighted by molar-refractivity contribution is 4.80. The molecule has 0 aromatic carbocycles. The van der Waals surface area contributed by atoms with Crippen molar-refractivity contribution in [1.82, 2.24) is 5.32 Å². The highest BCUT2D eigenvalue weighted by Crippen LogP contribution is 2.23. The van der Waals surface area contributed by atoms with Crippen LogP contribution in [-0.4, -0.2) is 30.2 Å². The predicted octanol–water partition coefficient (Wildman–Crippen LogP) is 0.756. The zero-order valence-electron chi connectivity index (χ0n) is 6.32. The molecule has 0 aromatic heterocycles. The van der Waals surface area contributed by atoms with Gasteiger partial charge in [-0.1, -0.05) is 0 Å². The molecule has 2 N–H and O–H groups in total.